The number of thioether (sulfide) groups is 1. The Labute approximate surface area is 116 Å². The van der Waals surface area contributed by atoms with E-state index in [0.29, 0.717) is 10.6 Å². The third-order valence-corrected chi connectivity index (χ3v) is 4.70. The van der Waals surface area contributed by atoms with Gasteiger partial charge >= 0.3 is 0 Å². The summed E-state index contributed by atoms with van der Waals surface area (Å²) in [5.41, 5.74) is 6.16. The summed E-state index contributed by atoms with van der Waals surface area (Å²) < 4.78 is 23.6. The molecular weight excluding hydrogens is 324 g/mol. The highest BCUT2D eigenvalue weighted by atomic mass is 79.9. The third-order valence-electron chi connectivity index (χ3n) is 1.99. The first-order valence-corrected chi connectivity index (χ1v) is 7.32. The molecule has 0 aliphatic heterocycles. The van der Waals surface area contributed by atoms with Crippen molar-refractivity contribution in [3.63, 3.8) is 0 Å². The van der Waals surface area contributed by atoms with Crippen molar-refractivity contribution in [1.82, 2.24) is 0 Å². The summed E-state index contributed by atoms with van der Waals surface area (Å²) in [5.74, 6) is 0.311. The lowest BCUT2D eigenvalue weighted by Crippen LogP contribution is -2.12. The Morgan fingerprint density at radius 2 is 1.88 bits per heavy atom. The van der Waals surface area contributed by atoms with E-state index in [0.717, 1.165) is 17.3 Å². The van der Waals surface area contributed by atoms with Gasteiger partial charge in [-0.3, -0.25) is 5.41 Å². The summed E-state index contributed by atoms with van der Waals surface area (Å²) in [5, 5.41) is 6.92. The molecule has 0 amide bonds. The smallest absolute Gasteiger partial charge is 0.179 e. The van der Waals surface area contributed by atoms with Crippen LogP contribution in [0, 0.1) is 12.3 Å². The fraction of sp³-hybridized carbons (Fsp3) is 0.300. The molecule has 3 N–H and O–H groups in total. The number of rotatable bonds is 4. The van der Waals surface area contributed by atoms with Gasteiger partial charge in [0.1, 0.15) is 0 Å². The van der Waals surface area contributed by atoms with Gasteiger partial charge < -0.3 is 5.73 Å². The molecule has 0 aliphatic rings. The Bertz CT molecular complexity index is 472. The molecular formula is C10H15BrN2O2S2. The highest BCUT2D eigenvalue weighted by Crippen LogP contribution is 2.13. The lowest BCUT2D eigenvalue weighted by Gasteiger charge is -2.04. The Morgan fingerprint density at radius 1 is 1.35 bits per heavy atom. The lowest BCUT2D eigenvalue weighted by atomic mass is 10.2. The Balaban J connectivity index is 0.00000256. The molecule has 0 saturated carbocycles. The largest absolute Gasteiger partial charge is 0.379 e. The van der Waals surface area contributed by atoms with Crippen LogP contribution in [-0.2, 0) is 9.84 Å². The van der Waals surface area contributed by atoms with Crippen LogP contribution in [0.5, 0.6) is 0 Å². The minimum atomic E-state index is -3.25. The molecule has 1 aromatic rings. The summed E-state index contributed by atoms with van der Waals surface area (Å²) >= 11 is 1.04. The van der Waals surface area contributed by atoms with Gasteiger partial charge in [-0.1, -0.05) is 29.5 Å². The van der Waals surface area contributed by atoms with Crippen molar-refractivity contribution < 1.29 is 8.42 Å². The molecule has 0 atom stereocenters. The van der Waals surface area contributed by atoms with E-state index in [9.17, 15) is 8.42 Å². The van der Waals surface area contributed by atoms with Crippen LogP contribution in [0.2, 0.25) is 0 Å². The van der Waals surface area contributed by atoms with Crippen LogP contribution in [0.25, 0.3) is 0 Å². The molecule has 0 aliphatic carbocycles. The maximum atomic E-state index is 11.8. The summed E-state index contributed by atoms with van der Waals surface area (Å²) in [4.78, 5) is 0.322. The highest BCUT2D eigenvalue weighted by molar-refractivity contribution is 8.93. The number of sulfone groups is 1. The van der Waals surface area contributed by atoms with Crippen LogP contribution >= 0.6 is 28.7 Å². The molecule has 0 fully saturated rings. The van der Waals surface area contributed by atoms with E-state index in [4.69, 9.17) is 11.1 Å². The lowest BCUT2D eigenvalue weighted by molar-refractivity contribution is 0.597. The van der Waals surface area contributed by atoms with E-state index in [-0.39, 0.29) is 27.9 Å². The van der Waals surface area contributed by atoms with Crippen LogP contribution < -0.4 is 5.73 Å². The summed E-state index contributed by atoms with van der Waals surface area (Å²) in [7, 11) is -3.25. The zero-order valence-electron chi connectivity index (χ0n) is 9.34. The zero-order valence-corrected chi connectivity index (χ0v) is 12.7. The first kappa shape index (κ1) is 16.5. The van der Waals surface area contributed by atoms with Gasteiger partial charge in [0.25, 0.3) is 0 Å². The van der Waals surface area contributed by atoms with Crippen molar-refractivity contribution in [3.05, 3.63) is 29.8 Å². The molecule has 1 rings (SSSR count). The molecule has 0 bridgehead atoms. The second kappa shape index (κ2) is 7.03. The van der Waals surface area contributed by atoms with E-state index < -0.39 is 9.84 Å². The van der Waals surface area contributed by atoms with Crippen LogP contribution in [0.3, 0.4) is 0 Å². The molecule has 96 valence electrons. The second-order valence-electron chi connectivity index (χ2n) is 3.34. The molecule has 4 nitrogen and oxygen atoms in total. The number of nitrogens with two attached hydrogens (primary N) is 1. The molecule has 0 aromatic heterocycles. The van der Waals surface area contributed by atoms with Gasteiger partial charge in [-0.2, -0.15) is 0 Å². The number of hydrogen-bond acceptors (Lipinski definition) is 4. The van der Waals surface area contributed by atoms with E-state index in [2.05, 4.69) is 0 Å². The zero-order chi connectivity index (χ0) is 12.2. The van der Waals surface area contributed by atoms with Crippen molar-refractivity contribution in [2.75, 3.05) is 11.5 Å². The number of nitrogens with one attached hydrogen (secondary N) is 1. The SMILES string of the molecule is Br.Cc1ccc(S(=O)(=O)CCSC(=N)N)cc1. The summed E-state index contributed by atoms with van der Waals surface area (Å²) in [6.45, 7) is 1.90. The predicted octanol–water partition coefficient (Wildman–Crippen LogP) is 1.97. The van der Waals surface area contributed by atoms with E-state index in [1.54, 1.807) is 24.3 Å². The van der Waals surface area contributed by atoms with Gasteiger partial charge in [0, 0.05) is 5.75 Å². The predicted molar refractivity (Wildman–Crippen MR) is 77.9 cm³/mol. The molecule has 0 unspecified atom stereocenters. The number of aryl methyl sites for hydroxylation is 1. The number of halogens is 1. The maximum absolute atomic E-state index is 11.8. The van der Waals surface area contributed by atoms with Crippen LogP contribution in [0.4, 0.5) is 0 Å². The Kier molecular flexibility index (Phi) is 6.81. The van der Waals surface area contributed by atoms with Crippen LogP contribution in [0.1, 0.15) is 5.56 Å². The Hall–Kier alpha value is -0.530. The van der Waals surface area contributed by atoms with Crippen molar-refractivity contribution >= 4 is 43.7 Å². The number of hydrogen-bond donors (Lipinski definition) is 2. The van der Waals surface area contributed by atoms with E-state index in [1.807, 2.05) is 6.92 Å². The van der Waals surface area contributed by atoms with E-state index >= 15 is 0 Å². The standard InChI is InChI=1S/C10H14N2O2S2.BrH/c1-8-2-4-9(5-3-8)16(13,14)7-6-15-10(11)12;/h2-5H,6-7H2,1H3,(H3,11,12);1H. The minimum absolute atomic E-state index is 0. The van der Waals surface area contributed by atoms with Crippen molar-refractivity contribution in [3.8, 4) is 0 Å². The third kappa shape index (κ3) is 5.56. The topological polar surface area (TPSA) is 84.0 Å². The molecule has 1 aromatic carbocycles. The quantitative estimate of drug-likeness (QED) is 0.649. The molecule has 0 saturated heterocycles. The minimum Gasteiger partial charge on any atom is -0.379 e. The maximum Gasteiger partial charge on any atom is 0.179 e. The van der Waals surface area contributed by atoms with Crippen LogP contribution in [0.15, 0.2) is 29.2 Å². The average molecular weight is 339 g/mol. The van der Waals surface area contributed by atoms with Gasteiger partial charge in [-0.15, -0.1) is 17.0 Å². The number of amidine groups is 1. The molecule has 0 radical (unpaired) electrons. The highest BCUT2D eigenvalue weighted by Gasteiger charge is 2.13. The van der Waals surface area contributed by atoms with Gasteiger partial charge in [0.2, 0.25) is 0 Å². The van der Waals surface area contributed by atoms with Crippen LogP contribution in [-0.4, -0.2) is 25.1 Å². The molecule has 7 heteroatoms. The van der Waals surface area contributed by atoms with Gasteiger partial charge in [0.15, 0.2) is 15.0 Å². The fourth-order valence-corrected chi connectivity index (χ4v) is 3.34. The summed E-state index contributed by atoms with van der Waals surface area (Å²) in [6.07, 6.45) is 0. The molecule has 17 heavy (non-hydrogen) atoms. The van der Waals surface area contributed by atoms with Crippen molar-refractivity contribution in [1.29, 1.82) is 5.41 Å². The molecule has 0 heterocycles. The summed E-state index contributed by atoms with van der Waals surface area (Å²) in [6, 6.07) is 6.74. The first-order chi connectivity index (χ1) is 7.42. The fourth-order valence-electron chi connectivity index (χ4n) is 1.12. The normalized spacial score (nSPS) is 10.6. The van der Waals surface area contributed by atoms with E-state index in [1.165, 1.54) is 0 Å². The Morgan fingerprint density at radius 3 is 2.35 bits per heavy atom. The van der Waals surface area contributed by atoms with Crippen molar-refractivity contribution in [2.24, 2.45) is 5.73 Å². The van der Waals surface area contributed by atoms with Crippen molar-refractivity contribution in [2.45, 2.75) is 11.8 Å². The van der Waals surface area contributed by atoms with Gasteiger partial charge in [-0.25, -0.2) is 8.42 Å². The van der Waals surface area contributed by atoms with Gasteiger partial charge in [-0.05, 0) is 19.1 Å². The monoisotopic (exact) mass is 338 g/mol. The number of benzene rings is 1. The average Bonchev–Trinajstić information content (AvgIpc) is 2.17. The van der Waals surface area contributed by atoms with Gasteiger partial charge in [0.05, 0.1) is 10.6 Å². The first-order valence-electron chi connectivity index (χ1n) is 4.68. The molecule has 0 spiro atoms. The second-order valence-corrected chi connectivity index (χ2v) is 6.59.